The molecule has 0 saturated heterocycles. The molecule has 8 unspecified atom stereocenters. The molecule has 1 aromatic carbocycles. The van der Waals surface area contributed by atoms with Crippen LogP contribution in [0.1, 0.15) is 74.4 Å². The second kappa shape index (κ2) is 8.99. The summed E-state index contributed by atoms with van der Waals surface area (Å²) < 4.78 is 0. The molecule has 1 amide bonds. The summed E-state index contributed by atoms with van der Waals surface area (Å²) in [5.74, 6) is -8.74. The van der Waals surface area contributed by atoms with Crippen LogP contribution in [0.15, 0.2) is 12.1 Å². The molecular formula is C28H38N2O7. The number of nitrogens with zero attached hydrogens (tertiary/aromatic N) is 1. The zero-order valence-corrected chi connectivity index (χ0v) is 22.3. The van der Waals surface area contributed by atoms with E-state index in [1.165, 1.54) is 4.90 Å². The summed E-state index contributed by atoms with van der Waals surface area (Å²) in [6.45, 7) is 7.76. The lowest BCUT2D eigenvalue weighted by atomic mass is 9.49. The third kappa shape index (κ3) is 3.77. The Morgan fingerprint density at radius 2 is 1.84 bits per heavy atom. The van der Waals surface area contributed by atoms with Crippen molar-refractivity contribution in [3.63, 3.8) is 0 Å². The van der Waals surface area contributed by atoms with Crippen LogP contribution in [-0.2, 0) is 19.8 Å². The number of nitrogens with two attached hydrogens (primary N) is 1. The van der Waals surface area contributed by atoms with Crippen molar-refractivity contribution in [2.24, 2.45) is 29.4 Å². The fourth-order valence-electron chi connectivity index (χ4n) is 7.42. The minimum atomic E-state index is -2.31. The van der Waals surface area contributed by atoms with Crippen molar-refractivity contribution in [1.29, 1.82) is 0 Å². The molecule has 3 aliphatic carbocycles. The van der Waals surface area contributed by atoms with Gasteiger partial charge in [0.15, 0.2) is 17.3 Å². The van der Waals surface area contributed by atoms with Crippen molar-refractivity contribution < 1.29 is 34.5 Å². The third-order valence-corrected chi connectivity index (χ3v) is 9.21. The summed E-state index contributed by atoms with van der Waals surface area (Å²) in [6.07, 6.45) is -0.352. The highest BCUT2D eigenvalue weighted by molar-refractivity contribution is 6.18. The number of benzene rings is 1. The van der Waals surface area contributed by atoms with Crippen LogP contribution in [-0.4, -0.2) is 75.3 Å². The molecule has 0 radical (unpaired) electrons. The van der Waals surface area contributed by atoms with Gasteiger partial charge in [-0.15, -0.1) is 0 Å². The topological polar surface area (TPSA) is 158 Å². The first-order valence-electron chi connectivity index (χ1n) is 13.0. The van der Waals surface area contributed by atoms with E-state index in [0.717, 1.165) is 12.8 Å². The van der Waals surface area contributed by atoms with Gasteiger partial charge in [-0.05, 0) is 37.4 Å². The summed E-state index contributed by atoms with van der Waals surface area (Å²) in [5, 5.41) is 34.8. The summed E-state index contributed by atoms with van der Waals surface area (Å²) in [4.78, 5) is 54.8. The first kappa shape index (κ1) is 27.4. The Labute approximate surface area is 217 Å². The Hall–Kier alpha value is -2.62. The number of hydrogen-bond acceptors (Lipinski definition) is 8. The number of likely N-dealkylation sites (N-methyl/N-ethyl adjacent to an activating group) is 1. The van der Waals surface area contributed by atoms with E-state index in [1.54, 1.807) is 33.2 Å². The lowest BCUT2D eigenvalue weighted by Gasteiger charge is -2.57. The number of Topliss-reactive ketones (excluding diaryl/α,β-unsaturated/α-hetero) is 3. The Morgan fingerprint density at radius 3 is 2.38 bits per heavy atom. The average molecular weight is 515 g/mol. The molecular weight excluding hydrogens is 476 g/mol. The molecule has 9 heteroatoms. The van der Waals surface area contributed by atoms with E-state index in [9.17, 15) is 34.5 Å². The highest BCUT2D eigenvalue weighted by atomic mass is 16.3. The van der Waals surface area contributed by atoms with Crippen LogP contribution >= 0.6 is 0 Å². The maximum absolute atomic E-state index is 14.0. The number of carbonyl (C=O) groups is 4. The standard InChI is InChI=1S/C28H38N2O7/c1-7-10-27(3,4)15-9-8-13-12(2)16-18(23(33)17(13)22(15)32)25(35)28(37)11-14(26(29)36)21(31)20(30(5)6)19(28)24(16)34/h8-9,12,14,16,18-20,24,32,34,37H,7,10-11H2,1-6H3,(H2,29,36). The largest absolute Gasteiger partial charge is 0.507 e. The second-order valence-electron chi connectivity index (χ2n) is 12.0. The summed E-state index contributed by atoms with van der Waals surface area (Å²) in [6, 6.07) is 2.42. The van der Waals surface area contributed by atoms with Gasteiger partial charge >= 0.3 is 0 Å². The third-order valence-electron chi connectivity index (χ3n) is 9.21. The molecule has 4 rings (SSSR count). The van der Waals surface area contributed by atoms with Crippen LogP contribution in [0, 0.1) is 23.7 Å². The van der Waals surface area contributed by atoms with Gasteiger partial charge in [-0.25, -0.2) is 0 Å². The maximum Gasteiger partial charge on any atom is 0.228 e. The first-order valence-corrected chi connectivity index (χ1v) is 13.0. The molecule has 0 bridgehead atoms. The lowest BCUT2D eigenvalue weighted by Crippen LogP contribution is -2.74. The number of aliphatic hydroxyl groups is 2. The van der Waals surface area contributed by atoms with Crippen molar-refractivity contribution in [2.75, 3.05) is 14.1 Å². The Kier molecular flexibility index (Phi) is 6.66. The van der Waals surface area contributed by atoms with Gasteiger partial charge in [0.05, 0.1) is 23.6 Å². The second-order valence-corrected chi connectivity index (χ2v) is 12.0. The van der Waals surface area contributed by atoms with Crippen LogP contribution in [0.4, 0.5) is 0 Å². The Bertz CT molecular complexity index is 1180. The highest BCUT2D eigenvalue weighted by Crippen LogP contribution is 2.56. The maximum atomic E-state index is 14.0. The summed E-state index contributed by atoms with van der Waals surface area (Å²) in [5.41, 5.74) is 3.88. The molecule has 37 heavy (non-hydrogen) atoms. The van der Waals surface area contributed by atoms with E-state index >= 15 is 0 Å². The van der Waals surface area contributed by atoms with E-state index < -0.39 is 82.4 Å². The van der Waals surface area contributed by atoms with Gasteiger partial charge in [0, 0.05) is 23.8 Å². The number of aromatic hydroxyl groups is 1. The molecule has 0 aromatic heterocycles. The average Bonchev–Trinajstić information content (AvgIpc) is 2.79. The van der Waals surface area contributed by atoms with Crippen molar-refractivity contribution in [3.8, 4) is 5.75 Å². The van der Waals surface area contributed by atoms with Gasteiger partial charge in [0.2, 0.25) is 5.91 Å². The van der Waals surface area contributed by atoms with Gasteiger partial charge in [0.25, 0.3) is 0 Å². The quantitative estimate of drug-likeness (QED) is 0.428. The lowest BCUT2D eigenvalue weighted by molar-refractivity contribution is -0.196. The van der Waals surface area contributed by atoms with E-state index in [1.807, 2.05) is 20.8 Å². The minimum Gasteiger partial charge on any atom is -0.507 e. The van der Waals surface area contributed by atoms with Gasteiger partial charge in [0.1, 0.15) is 17.3 Å². The van der Waals surface area contributed by atoms with Crippen molar-refractivity contribution >= 4 is 23.3 Å². The fourth-order valence-corrected chi connectivity index (χ4v) is 7.42. The van der Waals surface area contributed by atoms with Crippen LogP contribution < -0.4 is 5.73 Å². The molecule has 0 spiro atoms. The smallest absolute Gasteiger partial charge is 0.228 e. The zero-order valence-electron chi connectivity index (χ0n) is 22.3. The number of aliphatic hydroxyl groups excluding tert-OH is 1. The predicted molar refractivity (Wildman–Crippen MR) is 135 cm³/mol. The molecule has 1 aromatic rings. The molecule has 5 N–H and O–H groups in total. The van der Waals surface area contributed by atoms with Crippen LogP contribution in [0.5, 0.6) is 5.75 Å². The van der Waals surface area contributed by atoms with Gasteiger partial charge < -0.3 is 21.1 Å². The van der Waals surface area contributed by atoms with Crippen molar-refractivity contribution in [3.05, 3.63) is 28.8 Å². The molecule has 0 aliphatic heterocycles. The molecule has 3 aliphatic rings. The fraction of sp³-hybridized carbons (Fsp3) is 0.643. The normalized spacial score (nSPS) is 35.7. The highest BCUT2D eigenvalue weighted by Gasteiger charge is 2.69. The summed E-state index contributed by atoms with van der Waals surface area (Å²) >= 11 is 0. The number of amides is 1. The van der Waals surface area contributed by atoms with E-state index in [0.29, 0.717) is 11.1 Å². The predicted octanol–water partition coefficient (Wildman–Crippen LogP) is 1.30. The molecule has 202 valence electrons. The monoisotopic (exact) mass is 514 g/mol. The first-order chi connectivity index (χ1) is 17.1. The van der Waals surface area contributed by atoms with E-state index in [4.69, 9.17) is 5.73 Å². The number of carbonyl (C=O) groups excluding carboxylic acids is 4. The SMILES string of the molecule is CCCC(C)(C)c1ccc2c(c1O)C(=O)C1C(=O)C3(O)CC(C(N)=O)C(=O)C(N(C)C)C3C(O)C1C2C. The molecule has 8 atom stereocenters. The molecule has 0 heterocycles. The Balaban J connectivity index is 1.89. The van der Waals surface area contributed by atoms with Gasteiger partial charge in [-0.3, -0.25) is 24.1 Å². The number of primary amides is 1. The number of phenols is 1. The molecule has 2 saturated carbocycles. The van der Waals surface area contributed by atoms with Crippen LogP contribution in [0.25, 0.3) is 0 Å². The van der Waals surface area contributed by atoms with E-state index in [2.05, 4.69) is 0 Å². The number of hydrogen-bond donors (Lipinski definition) is 4. The number of ketones is 3. The molecule has 9 nitrogen and oxygen atoms in total. The molecule has 2 fully saturated rings. The number of fused-ring (bicyclic) bond motifs is 3. The van der Waals surface area contributed by atoms with Crippen LogP contribution in [0.2, 0.25) is 0 Å². The number of rotatable bonds is 5. The number of phenolic OH excluding ortho intramolecular Hbond substituents is 1. The zero-order chi connectivity index (χ0) is 27.8. The Morgan fingerprint density at radius 1 is 1.22 bits per heavy atom. The van der Waals surface area contributed by atoms with Gasteiger partial charge in [-0.1, -0.05) is 46.2 Å². The van der Waals surface area contributed by atoms with Crippen LogP contribution in [0.3, 0.4) is 0 Å². The van der Waals surface area contributed by atoms with Crippen molar-refractivity contribution in [1.82, 2.24) is 4.90 Å². The van der Waals surface area contributed by atoms with E-state index in [-0.39, 0.29) is 11.3 Å². The van der Waals surface area contributed by atoms with Gasteiger partial charge in [-0.2, -0.15) is 0 Å². The minimum absolute atomic E-state index is 0.0422. The summed E-state index contributed by atoms with van der Waals surface area (Å²) in [7, 11) is 3.13. The van der Waals surface area contributed by atoms with Crippen molar-refractivity contribution in [2.45, 2.75) is 76.0 Å².